The molecule has 1 aliphatic rings. The molecule has 0 bridgehead atoms. The van der Waals surface area contributed by atoms with E-state index in [1.54, 1.807) is 0 Å². The van der Waals surface area contributed by atoms with Crippen LogP contribution < -0.4 is 0 Å². The highest BCUT2D eigenvalue weighted by Gasteiger charge is 2.24. The molecule has 2 heteroatoms. The smallest absolute Gasteiger partial charge is 0.339 e. The van der Waals surface area contributed by atoms with E-state index in [0.717, 1.165) is 11.1 Å². The molecular formula is C13H12O2. The standard InChI is InChI=1S/C13H12O2/c1-2-6-11-9-15-13(14)12(11)10-7-4-3-5-8-10/h2-8H,9H2,1H3/b6-2+. The third-order valence-corrected chi connectivity index (χ3v) is 2.31. The second kappa shape index (κ2) is 4.13. The zero-order valence-corrected chi connectivity index (χ0v) is 8.57. The number of ether oxygens (including phenoxy) is 1. The molecule has 0 unspecified atom stereocenters. The summed E-state index contributed by atoms with van der Waals surface area (Å²) in [4.78, 5) is 11.5. The normalized spacial score (nSPS) is 16.2. The van der Waals surface area contributed by atoms with Gasteiger partial charge >= 0.3 is 5.97 Å². The van der Waals surface area contributed by atoms with Gasteiger partial charge in [-0.15, -0.1) is 0 Å². The maximum Gasteiger partial charge on any atom is 0.339 e. The SMILES string of the molecule is C/C=C/C1=C(c2ccccc2)C(=O)OC1. The zero-order chi connectivity index (χ0) is 10.7. The first-order chi connectivity index (χ1) is 7.33. The summed E-state index contributed by atoms with van der Waals surface area (Å²) in [5.41, 5.74) is 2.57. The molecule has 1 aliphatic heterocycles. The summed E-state index contributed by atoms with van der Waals surface area (Å²) in [6.07, 6.45) is 3.84. The van der Waals surface area contributed by atoms with Crippen LogP contribution in [0.25, 0.3) is 5.57 Å². The lowest BCUT2D eigenvalue weighted by Crippen LogP contribution is -1.98. The Balaban J connectivity index is 2.49. The number of esters is 1. The van der Waals surface area contributed by atoms with Gasteiger partial charge in [0.2, 0.25) is 0 Å². The van der Waals surface area contributed by atoms with Crippen LogP contribution in [0.15, 0.2) is 48.1 Å². The Hall–Kier alpha value is -1.83. The predicted molar refractivity (Wildman–Crippen MR) is 59.1 cm³/mol. The summed E-state index contributed by atoms with van der Waals surface area (Å²) < 4.78 is 5.02. The Morgan fingerprint density at radius 3 is 2.67 bits per heavy atom. The van der Waals surface area contributed by atoms with Crippen LogP contribution in [-0.4, -0.2) is 12.6 Å². The Labute approximate surface area is 88.9 Å². The number of allylic oxidation sites excluding steroid dienone is 1. The van der Waals surface area contributed by atoms with Gasteiger partial charge in [-0.2, -0.15) is 0 Å². The molecule has 0 amide bonds. The lowest BCUT2D eigenvalue weighted by molar-refractivity contribution is -0.134. The van der Waals surface area contributed by atoms with Crippen LogP contribution >= 0.6 is 0 Å². The van der Waals surface area contributed by atoms with E-state index < -0.39 is 0 Å². The highest BCUT2D eigenvalue weighted by molar-refractivity contribution is 6.19. The van der Waals surface area contributed by atoms with Gasteiger partial charge in [-0.3, -0.25) is 0 Å². The van der Waals surface area contributed by atoms with Gasteiger partial charge in [0.05, 0.1) is 5.57 Å². The number of carbonyl (C=O) groups excluding carboxylic acids is 1. The van der Waals surface area contributed by atoms with Gasteiger partial charge in [0.25, 0.3) is 0 Å². The number of cyclic esters (lactones) is 1. The third kappa shape index (κ3) is 1.84. The van der Waals surface area contributed by atoms with Crippen LogP contribution in [0, 0.1) is 0 Å². The molecule has 0 aliphatic carbocycles. The summed E-state index contributed by atoms with van der Waals surface area (Å²) in [5.74, 6) is -0.227. The molecule has 1 aromatic carbocycles. The molecule has 76 valence electrons. The van der Waals surface area contributed by atoms with E-state index in [0.29, 0.717) is 12.2 Å². The van der Waals surface area contributed by atoms with Crippen LogP contribution in [0.1, 0.15) is 12.5 Å². The summed E-state index contributed by atoms with van der Waals surface area (Å²) >= 11 is 0. The minimum Gasteiger partial charge on any atom is -0.457 e. The van der Waals surface area contributed by atoms with Crippen molar-refractivity contribution in [3.63, 3.8) is 0 Å². The van der Waals surface area contributed by atoms with Crippen LogP contribution in [0.5, 0.6) is 0 Å². The van der Waals surface area contributed by atoms with Crippen molar-refractivity contribution in [1.29, 1.82) is 0 Å². The maximum absolute atomic E-state index is 11.5. The molecule has 0 spiro atoms. The Bertz CT molecular complexity index is 427. The van der Waals surface area contributed by atoms with E-state index >= 15 is 0 Å². The highest BCUT2D eigenvalue weighted by atomic mass is 16.5. The van der Waals surface area contributed by atoms with Crippen molar-refractivity contribution >= 4 is 11.5 Å². The van der Waals surface area contributed by atoms with E-state index in [9.17, 15) is 4.79 Å². The minimum atomic E-state index is -0.227. The van der Waals surface area contributed by atoms with E-state index in [1.807, 2.05) is 49.4 Å². The fourth-order valence-corrected chi connectivity index (χ4v) is 1.66. The molecule has 2 rings (SSSR count). The molecule has 0 fully saturated rings. The number of carbonyl (C=O) groups is 1. The van der Waals surface area contributed by atoms with Crippen LogP contribution in [-0.2, 0) is 9.53 Å². The van der Waals surface area contributed by atoms with Gasteiger partial charge in [-0.25, -0.2) is 4.79 Å². The summed E-state index contributed by atoms with van der Waals surface area (Å²) in [6.45, 7) is 2.31. The fourth-order valence-electron chi connectivity index (χ4n) is 1.66. The van der Waals surface area contributed by atoms with Crippen LogP contribution in [0.2, 0.25) is 0 Å². The van der Waals surface area contributed by atoms with Crippen molar-refractivity contribution in [2.24, 2.45) is 0 Å². The summed E-state index contributed by atoms with van der Waals surface area (Å²) in [5, 5.41) is 0. The van der Waals surface area contributed by atoms with E-state index in [4.69, 9.17) is 4.74 Å². The van der Waals surface area contributed by atoms with Crippen molar-refractivity contribution in [3.8, 4) is 0 Å². The van der Waals surface area contributed by atoms with Crippen molar-refractivity contribution in [3.05, 3.63) is 53.6 Å². The Kier molecular flexibility index (Phi) is 2.68. The monoisotopic (exact) mass is 200 g/mol. The molecular weight excluding hydrogens is 188 g/mol. The maximum atomic E-state index is 11.5. The number of benzene rings is 1. The molecule has 15 heavy (non-hydrogen) atoms. The van der Waals surface area contributed by atoms with Gasteiger partial charge < -0.3 is 4.74 Å². The molecule has 1 heterocycles. The largest absolute Gasteiger partial charge is 0.457 e. The van der Waals surface area contributed by atoms with Crippen molar-refractivity contribution < 1.29 is 9.53 Å². The molecule has 2 nitrogen and oxygen atoms in total. The van der Waals surface area contributed by atoms with Crippen molar-refractivity contribution in [1.82, 2.24) is 0 Å². The fraction of sp³-hybridized carbons (Fsp3) is 0.154. The Morgan fingerprint density at radius 1 is 1.27 bits per heavy atom. The quantitative estimate of drug-likeness (QED) is 0.686. The average molecular weight is 200 g/mol. The van der Waals surface area contributed by atoms with E-state index in [-0.39, 0.29) is 5.97 Å². The van der Waals surface area contributed by atoms with Gasteiger partial charge in [0.1, 0.15) is 6.61 Å². The molecule has 0 atom stereocenters. The van der Waals surface area contributed by atoms with Crippen molar-refractivity contribution in [2.75, 3.05) is 6.61 Å². The summed E-state index contributed by atoms with van der Waals surface area (Å²) in [7, 11) is 0. The zero-order valence-electron chi connectivity index (χ0n) is 8.57. The summed E-state index contributed by atoms with van der Waals surface area (Å²) in [6, 6.07) is 9.61. The predicted octanol–water partition coefficient (Wildman–Crippen LogP) is 2.57. The van der Waals surface area contributed by atoms with E-state index in [2.05, 4.69) is 0 Å². The molecule has 0 aromatic heterocycles. The first-order valence-electron chi connectivity index (χ1n) is 4.91. The van der Waals surface area contributed by atoms with Gasteiger partial charge in [0, 0.05) is 5.57 Å². The first-order valence-corrected chi connectivity index (χ1v) is 4.91. The molecule has 0 saturated carbocycles. The number of rotatable bonds is 2. The lowest BCUT2D eigenvalue weighted by Gasteiger charge is -1.99. The molecule has 0 saturated heterocycles. The highest BCUT2D eigenvalue weighted by Crippen LogP contribution is 2.26. The Morgan fingerprint density at radius 2 is 2.00 bits per heavy atom. The van der Waals surface area contributed by atoms with E-state index in [1.165, 1.54) is 0 Å². The third-order valence-electron chi connectivity index (χ3n) is 2.31. The topological polar surface area (TPSA) is 26.3 Å². The van der Waals surface area contributed by atoms with Gasteiger partial charge in [-0.05, 0) is 12.5 Å². The average Bonchev–Trinajstić information content (AvgIpc) is 2.62. The van der Waals surface area contributed by atoms with Gasteiger partial charge in [-0.1, -0.05) is 42.5 Å². The van der Waals surface area contributed by atoms with Gasteiger partial charge in [0.15, 0.2) is 0 Å². The molecule has 1 aromatic rings. The lowest BCUT2D eigenvalue weighted by atomic mass is 10.0. The second-order valence-electron chi connectivity index (χ2n) is 3.34. The van der Waals surface area contributed by atoms with Crippen LogP contribution in [0.4, 0.5) is 0 Å². The minimum absolute atomic E-state index is 0.227. The molecule has 0 N–H and O–H groups in total. The van der Waals surface area contributed by atoms with Crippen LogP contribution in [0.3, 0.4) is 0 Å². The first kappa shape index (κ1) is 9.71. The van der Waals surface area contributed by atoms with Crippen molar-refractivity contribution in [2.45, 2.75) is 6.92 Å². The number of hydrogen-bond donors (Lipinski definition) is 0. The second-order valence-corrected chi connectivity index (χ2v) is 3.34. The molecule has 0 radical (unpaired) electrons. The number of hydrogen-bond acceptors (Lipinski definition) is 2.